The molecule has 0 heterocycles. The molecular weight excluding hydrogens is 354 g/mol. The maximum absolute atomic E-state index is 12.2. The molecule has 0 aliphatic rings. The van der Waals surface area contributed by atoms with Crippen molar-refractivity contribution in [2.45, 2.75) is 32.1 Å². The predicted octanol–water partition coefficient (Wildman–Crippen LogP) is 4.72. The molecule has 0 aromatic heterocycles. The second-order valence-corrected chi connectivity index (χ2v) is 7.24. The molecule has 0 aliphatic carbocycles. The molecular formula is C20H24ClNO2S. The molecule has 0 spiro atoms. The standard InChI is InChI=1S/C20H24ClNO2S/c1-3-17-8-4-5-10-19(17)24-15(2)20(23)22-11-12-25-14-16-7-6-9-18(21)13-16/h4-10,13,15H,3,11-12,14H2,1-2H3,(H,22,23)/t15-/m0/s1. The van der Waals surface area contributed by atoms with Crippen LogP contribution in [0, 0.1) is 0 Å². The molecule has 0 bridgehead atoms. The highest BCUT2D eigenvalue weighted by Crippen LogP contribution is 2.20. The smallest absolute Gasteiger partial charge is 0.260 e. The zero-order chi connectivity index (χ0) is 18.1. The maximum atomic E-state index is 12.2. The largest absolute Gasteiger partial charge is 0.481 e. The van der Waals surface area contributed by atoms with Crippen LogP contribution < -0.4 is 10.1 Å². The summed E-state index contributed by atoms with van der Waals surface area (Å²) < 4.78 is 5.80. The summed E-state index contributed by atoms with van der Waals surface area (Å²) >= 11 is 7.73. The maximum Gasteiger partial charge on any atom is 0.260 e. The number of hydrogen-bond donors (Lipinski definition) is 1. The van der Waals surface area contributed by atoms with E-state index in [0.717, 1.165) is 34.3 Å². The zero-order valence-corrected chi connectivity index (χ0v) is 16.2. The minimum atomic E-state index is -0.509. The summed E-state index contributed by atoms with van der Waals surface area (Å²) in [6.07, 6.45) is 0.371. The van der Waals surface area contributed by atoms with Gasteiger partial charge < -0.3 is 10.1 Å². The number of amides is 1. The molecule has 0 saturated heterocycles. The third kappa shape index (κ3) is 6.63. The van der Waals surface area contributed by atoms with Gasteiger partial charge in [0.2, 0.25) is 0 Å². The first-order chi connectivity index (χ1) is 12.1. The monoisotopic (exact) mass is 377 g/mol. The van der Waals surface area contributed by atoms with Gasteiger partial charge in [-0.1, -0.05) is 48.9 Å². The first-order valence-electron chi connectivity index (χ1n) is 8.44. The fourth-order valence-electron chi connectivity index (χ4n) is 2.36. The number of thioether (sulfide) groups is 1. The summed E-state index contributed by atoms with van der Waals surface area (Å²) in [6, 6.07) is 15.7. The topological polar surface area (TPSA) is 38.3 Å². The van der Waals surface area contributed by atoms with Gasteiger partial charge >= 0.3 is 0 Å². The number of nitrogens with one attached hydrogen (secondary N) is 1. The van der Waals surface area contributed by atoms with Crippen LogP contribution in [0.5, 0.6) is 5.75 Å². The van der Waals surface area contributed by atoms with Crippen LogP contribution in [-0.4, -0.2) is 24.3 Å². The molecule has 2 aromatic carbocycles. The van der Waals surface area contributed by atoms with E-state index in [1.54, 1.807) is 18.7 Å². The highest BCUT2D eigenvalue weighted by Gasteiger charge is 2.15. The Bertz CT molecular complexity index is 693. The van der Waals surface area contributed by atoms with Gasteiger partial charge in [-0.05, 0) is 42.7 Å². The second-order valence-electron chi connectivity index (χ2n) is 5.69. The number of carbonyl (C=O) groups excluding carboxylic acids is 1. The Kier molecular flexibility index (Phi) is 8.16. The minimum absolute atomic E-state index is 0.0886. The van der Waals surface area contributed by atoms with Gasteiger partial charge in [-0.3, -0.25) is 4.79 Å². The number of ether oxygens (including phenoxy) is 1. The van der Waals surface area contributed by atoms with Crippen molar-refractivity contribution in [3.05, 3.63) is 64.7 Å². The van der Waals surface area contributed by atoms with E-state index in [9.17, 15) is 4.79 Å². The van der Waals surface area contributed by atoms with E-state index in [4.69, 9.17) is 16.3 Å². The van der Waals surface area contributed by atoms with Crippen LogP contribution in [0.3, 0.4) is 0 Å². The lowest BCUT2D eigenvalue weighted by molar-refractivity contribution is -0.127. The lowest BCUT2D eigenvalue weighted by atomic mass is 10.1. The van der Waals surface area contributed by atoms with Gasteiger partial charge in [-0.2, -0.15) is 11.8 Å². The summed E-state index contributed by atoms with van der Waals surface area (Å²) in [4.78, 5) is 12.2. The number of carbonyl (C=O) groups is 1. The van der Waals surface area contributed by atoms with Gasteiger partial charge in [0.1, 0.15) is 5.75 Å². The van der Waals surface area contributed by atoms with Gasteiger partial charge in [-0.15, -0.1) is 0 Å². The van der Waals surface area contributed by atoms with Gasteiger partial charge in [0.25, 0.3) is 5.91 Å². The van der Waals surface area contributed by atoms with E-state index in [-0.39, 0.29) is 5.91 Å². The van der Waals surface area contributed by atoms with Crippen molar-refractivity contribution in [1.29, 1.82) is 0 Å². The van der Waals surface area contributed by atoms with E-state index in [0.29, 0.717) is 6.54 Å². The van der Waals surface area contributed by atoms with Crippen LogP contribution in [0.2, 0.25) is 5.02 Å². The molecule has 2 rings (SSSR count). The Morgan fingerprint density at radius 2 is 2.04 bits per heavy atom. The van der Waals surface area contributed by atoms with Crippen molar-refractivity contribution < 1.29 is 9.53 Å². The summed E-state index contributed by atoms with van der Waals surface area (Å²) in [6.45, 7) is 4.47. The molecule has 5 heteroatoms. The fourth-order valence-corrected chi connectivity index (χ4v) is 3.38. The van der Waals surface area contributed by atoms with Crippen LogP contribution in [0.4, 0.5) is 0 Å². The number of para-hydroxylation sites is 1. The Balaban J connectivity index is 1.69. The highest BCUT2D eigenvalue weighted by molar-refractivity contribution is 7.98. The molecule has 134 valence electrons. The molecule has 1 N–H and O–H groups in total. The lowest BCUT2D eigenvalue weighted by Crippen LogP contribution is -2.37. The molecule has 0 fully saturated rings. The van der Waals surface area contributed by atoms with E-state index in [1.165, 1.54) is 5.56 Å². The van der Waals surface area contributed by atoms with Crippen LogP contribution in [0.15, 0.2) is 48.5 Å². The average molecular weight is 378 g/mol. The third-order valence-electron chi connectivity index (χ3n) is 3.73. The molecule has 0 unspecified atom stereocenters. The molecule has 0 saturated carbocycles. The Hall–Kier alpha value is -1.65. The van der Waals surface area contributed by atoms with Crippen LogP contribution in [-0.2, 0) is 17.0 Å². The van der Waals surface area contributed by atoms with Crippen LogP contribution >= 0.6 is 23.4 Å². The molecule has 2 aromatic rings. The van der Waals surface area contributed by atoms with Crippen molar-refractivity contribution in [1.82, 2.24) is 5.32 Å². The highest BCUT2D eigenvalue weighted by atomic mass is 35.5. The second kappa shape index (κ2) is 10.4. The molecule has 3 nitrogen and oxygen atoms in total. The van der Waals surface area contributed by atoms with E-state index >= 15 is 0 Å². The van der Waals surface area contributed by atoms with Crippen LogP contribution in [0.25, 0.3) is 0 Å². The summed E-state index contributed by atoms with van der Waals surface area (Å²) in [5, 5.41) is 3.68. The lowest BCUT2D eigenvalue weighted by Gasteiger charge is -2.16. The number of hydrogen-bond acceptors (Lipinski definition) is 3. The molecule has 1 atom stereocenters. The first kappa shape index (κ1) is 19.7. The van der Waals surface area contributed by atoms with Gasteiger partial charge in [-0.25, -0.2) is 0 Å². The van der Waals surface area contributed by atoms with Crippen molar-refractivity contribution in [2.24, 2.45) is 0 Å². The van der Waals surface area contributed by atoms with Crippen molar-refractivity contribution >= 4 is 29.3 Å². The summed E-state index contributed by atoms with van der Waals surface area (Å²) in [7, 11) is 0. The number of halogens is 1. The molecule has 25 heavy (non-hydrogen) atoms. The zero-order valence-electron chi connectivity index (χ0n) is 14.6. The van der Waals surface area contributed by atoms with E-state index in [2.05, 4.69) is 18.3 Å². The number of benzene rings is 2. The Morgan fingerprint density at radius 1 is 1.24 bits per heavy atom. The SMILES string of the molecule is CCc1ccccc1O[C@@H](C)C(=O)NCCSCc1cccc(Cl)c1. The predicted molar refractivity (Wildman–Crippen MR) is 107 cm³/mol. The van der Waals surface area contributed by atoms with E-state index < -0.39 is 6.10 Å². The van der Waals surface area contributed by atoms with E-state index in [1.807, 2.05) is 42.5 Å². The molecule has 0 radical (unpaired) electrons. The van der Waals surface area contributed by atoms with Crippen LogP contribution in [0.1, 0.15) is 25.0 Å². The van der Waals surface area contributed by atoms with Gasteiger partial charge in [0.05, 0.1) is 0 Å². The third-order valence-corrected chi connectivity index (χ3v) is 5.00. The fraction of sp³-hybridized carbons (Fsp3) is 0.350. The number of rotatable bonds is 9. The number of aryl methyl sites for hydroxylation is 1. The molecule has 0 aliphatic heterocycles. The first-order valence-corrected chi connectivity index (χ1v) is 9.98. The van der Waals surface area contributed by atoms with Gasteiger partial charge in [0.15, 0.2) is 6.10 Å². The Labute approximate surface area is 159 Å². The molecule has 1 amide bonds. The normalized spacial score (nSPS) is 11.8. The summed E-state index contributed by atoms with van der Waals surface area (Å²) in [5.41, 5.74) is 2.30. The quantitative estimate of drug-likeness (QED) is 0.642. The van der Waals surface area contributed by atoms with Crippen molar-refractivity contribution in [3.8, 4) is 5.75 Å². The average Bonchev–Trinajstić information content (AvgIpc) is 2.61. The minimum Gasteiger partial charge on any atom is -0.481 e. The van der Waals surface area contributed by atoms with Crippen molar-refractivity contribution in [3.63, 3.8) is 0 Å². The van der Waals surface area contributed by atoms with Gasteiger partial charge in [0, 0.05) is 23.1 Å². The van der Waals surface area contributed by atoms with Crippen molar-refractivity contribution in [2.75, 3.05) is 12.3 Å². The summed E-state index contributed by atoms with van der Waals surface area (Å²) in [5.74, 6) is 2.42. The Morgan fingerprint density at radius 3 is 2.80 bits per heavy atom.